The lowest BCUT2D eigenvalue weighted by Crippen LogP contribution is -2.19. The minimum Gasteiger partial charge on any atom is -0.302 e. The van der Waals surface area contributed by atoms with Crippen LogP contribution in [0.25, 0.3) is 0 Å². The van der Waals surface area contributed by atoms with Gasteiger partial charge in [0.15, 0.2) is 0 Å². The van der Waals surface area contributed by atoms with E-state index in [1.807, 2.05) is 18.2 Å². The number of rotatable bonds is 0. The molecule has 0 atom stereocenters. The first kappa shape index (κ1) is 6.00. The van der Waals surface area contributed by atoms with Crippen molar-refractivity contribution < 1.29 is 0 Å². The molecule has 1 heterocycles. The van der Waals surface area contributed by atoms with Gasteiger partial charge in [-0.25, -0.2) is 0 Å². The highest BCUT2D eigenvalue weighted by molar-refractivity contribution is 9.10. The van der Waals surface area contributed by atoms with Crippen LogP contribution in [0.4, 0.5) is 11.4 Å². The predicted octanol–water partition coefficient (Wildman–Crippen LogP) is 1.71. The lowest BCUT2D eigenvalue weighted by Gasteiger charge is -1.97. The summed E-state index contributed by atoms with van der Waals surface area (Å²) in [6, 6.07) is 5.96. The highest BCUT2D eigenvalue weighted by atomic mass is 79.9. The van der Waals surface area contributed by atoms with Gasteiger partial charge in [-0.15, -0.1) is 5.53 Å². The second-order valence-corrected chi connectivity index (χ2v) is 2.89. The van der Waals surface area contributed by atoms with Gasteiger partial charge in [0, 0.05) is 4.47 Å². The molecule has 1 aliphatic rings. The molecule has 0 spiro atoms. The van der Waals surface area contributed by atoms with E-state index in [4.69, 9.17) is 0 Å². The minimum absolute atomic E-state index is 1.06. The van der Waals surface area contributed by atoms with E-state index in [-0.39, 0.29) is 0 Å². The Labute approximate surface area is 66.9 Å². The molecule has 0 radical (unpaired) electrons. The quantitative estimate of drug-likeness (QED) is 0.596. The molecule has 0 aliphatic carbocycles. The van der Waals surface area contributed by atoms with Gasteiger partial charge in [-0.3, -0.25) is 0 Å². The van der Waals surface area contributed by atoms with E-state index in [0.29, 0.717) is 0 Å². The van der Waals surface area contributed by atoms with Crippen LogP contribution in [0.15, 0.2) is 22.7 Å². The Morgan fingerprint density at radius 3 is 2.90 bits per heavy atom. The molecule has 0 bridgehead atoms. The molecule has 3 N–H and O–H groups in total. The molecule has 0 amide bonds. The van der Waals surface area contributed by atoms with Crippen LogP contribution in [-0.2, 0) is 0 Å². The lowest BCUT2D eigenvalue weighted by molar-refractivity contribution is 1.01. The Bertz CT molecular complexity index is 261. The predicted molar refractivity (Wildman–Crippen MR) is 44.5 cm³/mol. The minimum atomic E-state index is 1.06. The second kappa shape index (κ2) is 2.14. The third-order valence-electron chi connectivity index (χ3n) is 1.40. The van der Waals surface area contributed by atoms with Crippen molar-refractivity contribution in [2.24, 2.45) is 0 Å². The molecule has 10 heavy (non-hydrogen) atoms. The van der Waals surface area contributed by atoms with Gasteiger partial charge in [0.05, 0.1) is 11.4 Å². The summed E-state index contributed by atoms with van der Waals surface area (Å²) >= 11 is 3.40. The van der Waals surface area contributed by atoms with Gasteiger partial charge in [0.25, 0.3) is 0 Å². The van der Waals surface area contributed by atoms with E-state index in [1.165, 1.54) is 0 Å². The van der Waals surface area contributed by atoms with Gasteiger partial charge in [-0.05, 0) is 28.1 Å². The van der Waals surface area contributed by atoms with E-state index < -0.39 is 0 Å². The van der Waals surface area contributed by atoms with E-state index >= 15 is 0 Å². The number of para-hydroxylation sites is 1. The molecule has 1 aromatic carbocycles. The van der Waals surface area contributed by atoms with Gasteiger partial charge >= 0.3 is 0 Å². The number of benzene rings is 1. The zero-order valence-electron chi connectivity index (χ0n) is 5.11. The van der Waals surface area contributed by atoms with Crippen molar-refractivity contribution in [3.63, 3.8) is 0 Å². The molecular formula is C6H6BrN3. The summed E-state index contributed by atoms with van der Waals surface area (Å²) in [4.78, 5) is 0. The third kappa shape index (κ3) is 0.767. The monoisotopic (exact) mass is 199 g/mol. The molecule has 0 unspecified atom stereocenters. The molecule has 2 rings (SSSR count). The highest BCUT2D eigenvalue weighted by Gasteiger charge is 2.09. The maximum absolute atomic E-state index is 3.40. The van der Waals surface area contributed by atoms with Crippen LogP contribution in [-0.4, -0.2) is 0 Å². The molecule has 0 saturated carbocycles. The van der Waals surface area contributed by atoms with Crippen LogP contribution in [0, 0.1) is 0 Å². The molecule has 0 fully saturated rings. The second-order valence-electron chi connectivity index (χ2n) is 2.04. The summed E-state index contributed by atoms with van der Waals surface area (Å²) < 4.78 is 1.06. The SMILES string of the molecule is Brc1cccc2c1NNN2. The average Bonchev–Trinajstić information content (AvgIpc) is 2.36. The number of anilines is 2. The van der Waals surface area contributed by atoms with Gasteiger partial charge < -0.3 is 10.9 Å². The summed E-state index contributed by atoms with van der Waals surface area (Å²) in [7, 11) is 0. The smallest absolute Gasteiger partial charge is 0.0892 e. The Morgan fingerprint density at radius 1 is 1.20 bits per heavy atom. The topological polar surface area (TPSA) is 36.1 Å². The van der Waals surface area contributed by atoms with Gasteiger partial charge in [0.1, 0.15) is 0 Å². The molecule has 1 aliphatic heterocycles. The fourth-order valence-corrected chi connectivity index (χ4v) is 1.38. The van der Waals surface area contributed by atoms with Crippen molar-refractivity contribution in [3.05, 3.63) is 22.7 Å². The van der Waals surface area contributed by atoms with E-state index in [1.54, 1.807) is 0 Å². The number of hydrogen-bond donors (Lipinski definition) is 3. The van der Waals surface area contributed by atoms with Crippen molar-refractivity contribution in [1.82, 2.24) is 5.53 Å². The Balaban J connectivity index is 2.59. The fourth-order valence-electron chi connectivity index (χ4n) is 0.916. The van der Waals surface area contributed by atoms with Crippen LogP contribution in [0.2, 0.25) is 0 Å². The molecule has 3 nitrogen and oxygen atoms in total. The standard InChI is InChI=1S/C6H6BrN3/c7-4-2-1-3-5-6(4)9-10-8-5/h1-3,8-10H. The van der Waals surface area contributed by atoms with E-state index in [2.05, 4.69) is 32.3 Å². The molecule has 0 saturated heterocycles. The number of hydrazine groups is 2. The number of fused-ring (bicyclic) bond motifs is 1. The van der Waals surface area contributed by atoms with Crippen LogP contribution in [0.1, 0.15) is 0 Å². The van der Waals surface area contributed by atoms with Gasteiger partial charge in [-0.2, -0.15) is 0 Å². The maximum atomic E-state index is 3.40. The zero-order valence-corrected chi connectivity index (χ0v) is 6.70. The molecular weight excluding hydrogens is 194 g/mol. The molecule has 52 valence electrons. The van der Waals surface area contributed by atoms with Crippen LogP contribution in [0.3, 0.4) is 0 Å². The van der Waals surface area contributed by atoms with E-state index in [0.717, 1.165) is 15.8 Å². The van der Waals surface area contributed by atoms with Crippen molar-refractivity contribution in [2.75, 3.05) is 10.9 Å². The zero-order chi connectivity index (χ0) is 6.97. The first-order valence-corrected chi connectivity index (χ1v) is 3.73. The van der Waals surface area contributed by atoms with Crippen molar-refractivity contribution in [1.29, 1.82) is 0 Å². The van der Waals surface area contributed by atoms with Crippen molar-refractivity contribution in [2.45, 2.75) is 0 Å². The maximum Gasteiger partial charge on any atom is 0.0892 e. The first-order valence-electron chi connectivity index (χ1n) is 2.93. The van der Waals surface area contributed by atoms with Crippen molar-refractivity contribution in [3.8, 4) is 0 Å². The van der Waals surface area contributed by atoms with Gasteiger partial charge in [-0.1, -0.05) is 6.07 Å². The molecule has 4 heteroatoms. The van der Waals surface area contributed by atoms with Gasteiger partial charge in [0.2, 0.25) is 0 Å². The summed E-state index contributed by atoms with van der Waals surface area (Å²) in [6.45, 7) is 0. The summed E-state index contributed by atoms with van der Waals surface area (Å²) in [5.74, 6) is 0. The van der Waals surface area contributed by atoms with Crippen LogP contribution < -0.4 is 16.4 Å². The Morgan fingerprint density at radius 2 is 2.10 bits per heavy atom. The lowest BCUT2D eigenvalue weighted by atomic mass is 10.3. The highest BCUT2D eigenvalue weighted by Crippen LogP contribution is 2.31. The Hall–Kier alpha value is -0.740. The number of halogens is 1. The summed E-state index contributed by atoms with van der Waals surface area (Å²) in [6.07, 6.45) is 0. The average molecular weight is 200 g/mol. The number of nitrogens with one attached hydrogen (secondary N) is 3. The normalized spacial score (nSPS) is 13.7. The molecule has 0 aromatic heterocycles. The number of hydrogen-bond acceptors (Lipinski definition) is 3. The molecule has 1 aromatic rings. The summed E-state index contributed by atoms with van der Waals surface area (Å²) in [5, 5.41) is 0. The Kier molecular flexibility index (Phi) is 1.28. The van der Waals surface area contributed by atoms with E-state index in [9.17, 15) is 0 Å². The largest absolute Gasteiger partial charge is 0.302 e. The fraction of sp³-hybridized carbons (Fsp3) is 0. The summed E-state index contributed by atoms with van der Waals surface area (Å²) in [5.41, 5.74) is 10.8. The third-order valence-corrected chi connectivity index (χ3v) is 2.06. The first-order chi connectivity index (χ1) is 4.88. The van der Waals surface area contributed by atoms with Crippen LogP contribution >= 0.6 is 15.9 Å². The van der Waals surface area contributed by atoms with Crippen LogP contribution in [0.5, 0.6) is 0 Å². The van der Waals surface area contributed by atoms with Crippen molar-refractivity contribution >= 4 is 27.3 Å².